The lowest BCUT2D eigenvalue weighted by Crippen LogP contribution is -1.92. The fourth-order valence-electron chi connectivity index (χ4n) is 1.47. The van der Waals surface area contributed by atoms with Crippen molar-refractivity contribution in [1.82, 2.24) is 10.1 Å². The Kier molecular flexibility index (Phi) is 3.02. The van der Waals surface area contributed by atoms with E-state index < -0.39 is 4.92 Å². The largest absolute Gasteiger partial charge is 0.338 e. The average molecular weight is 244 g/mol. The Morgan fingerprint density at radius 3 is 3.00 bits per heavy atom. The summed E-state index contributed by atoms with van der Waals surface area (Å²) in [5.41, 5.74) is 1.28. The summed E-state index contributed by atoms with van der Waals surface area (Å²) in [5, 5.41) is 22.9. The van der Waals surface area contributed by atoms with Crippen LogP contribution >= 0.6 is 0 Å². The highest BCUT2D eigenvalue weighted by molar-refractivity contribution is 5.63. The van der Waals surface area contributed by atoms with Gasteiger partial charge in [-0.05, 0) is 12.5 Å². The molecule has 1 aromatic heterocycles. The second-order valence-electron chi connectivity index (χ2n) is 3.60. The topological polar surface area (TPSA) is 106 Å². The van der Waals surface area contributed by atoms with Gasteiger partial charge >= 0.3 is 0 Å². The van der Waals surface area contributed by atoms with E-state index in [2.05, 4.69) is 10.1 Å². The van der Waals surface area contributed by atoms with Crippen molar-refractivity contribution < 1.29 is 9.45 Å². The van der Waals surface area contributed by atoms with E-state index in [1.165, 1.54) is 12.1 Å². The van der Waals surface area contributed by atoms with Crippen LogP contribution < -0.4 is 0 Å². The minimum atomic E-state index is -0.487. The van der Waals surface area contributed by atoms with Gasteiger partial charge in [-0.25, -0.2) is 0 Å². The maximum atomic E-state index is 10.7. The van der Waals surface area contributed by atoms with Crippen LogP contribution in [0.1, 0.15) is 11.5 Å². The van der Waals surface area contributed by atoms with Gasteiger partial charge in [0.1, 0.15) is 6.42 Å². The summed E-state index contributed by atoms with van der Waals surface area (Å²) in [5.74, 6) is 0.444. The standard InChI is InChI=1S/C11H8N4O3/c1-7-2-3-8(15(16)17)6-9(7)11-13-10(4-5-12)18-14-11/h2-3,6H,4H2,1H3. The Bertz CT molecular complexity index is 642. The number of nitro groups is 1. The van der Waals surface area contributed by atoms with E-state index in [1.807, 2.05) is 6.07 Å². The molecule has 90 valence electrons. The second-order valence-corrected chi connectivity index (χ2v) is 3.60. The van der Waals surface area contributed by atoms with Gasteiger partial charge in [0.2, 0.25) is 11.7 Å². The summed E-state index contributed by atoms with van der Waals surface area (Å²) in [7, 11) is 0. The molecule has 7 heteroatoms. The minimum absolute atomic E-state index is 0.0149. The van der Waals surface area contributed by atoms with Crippen molar-refractivity contribution in [2.75, 3.05) is 0 Å². The first kappa shape index (κ1) is 11.7. The zero-order valence-electron chi connectivity index (χ0n) is 9.45. The third-order valence-corrected chi connectivity index (χ3v) is 2.37. The number of hydrogen-bond donors (Lipinski definition) is 0. The van der Waals surface area contributed by atoms with Gasteiger partial charge in [0.25, 0.3) is 5.69 Å². The maximum Gasteiger partial charge on any atom is 0.270 e. The number of aryl methyl sites for hydroxylation is 1. The second kappa shape index (κ2) is 4.63. The molecular formula is C11H8N4O3. The SMILES string of the molecule is Cc1ccc([N+](=O)[O-])cc1-c1noc(CC#N)n1. The molecule has 0 aliphatic heterocycles. The number of benzene rings is 1. The number of aromatic nitrogens is 2. The summed E-state index contributed by atoms with van der Waals surface area (Å²) >= 11 is 0. The first-order valence-corrected chi connectivity index (χ1v) is 5.07. The highest BCUT2D eigenvalue weighted by Crippen LogP contribution is 2.25. The van der Waals surface area contributed by atoms with Gasteiger partial charge in [0, 0.05) is 17.7 Å². The Hall–Kier alpha value is -2.75. The van der Waals surface area contributed by atoms with Crippen LogP contribution in [0.25, 0.3) is 11.4 Å². The highest BCUT2D eigenvalue weighted by atomic mass is 16.6. The predicted molar refractivity (Wildman–Crippen MR) is 60.4 cm³/mol. The van der Waals surface area contributed by atoms with E-state index in [4.69, 9.17) is 9.78 Å². The van der Waals surface area contributed by atoms with E-state index in [-0.39, 0.29) is 23.8 Å². The normalized spacial score (nSPS) is 10.0. The summed E-state index contributed by atoms with van der Waals surface area (Å²) in [6.45, 7) is 1.79. The molecule has 0 radical (unpaired) electrons. The molecule has 0 spiro atoms. The molecule has 1 heterocycles. The lowest BCUT2D eigenvalue weighted by molar-refractivity contribution is -0.384. The molecule has 0 bridgehead atoms. The molecule has 18 heavy (non-hydrogen) atoms. The Morgan fingerprint density at radius 1 is 1.56 bits per heavy atom. The lowest BCUT2D eigenvalue weighted by atomic mass is 10.1. The van der Waals surface area contributed by atoms with Crippen molar-refractivity contribution >= 4 is 5.69 Å². The number of non-ortho nitro benzene ring substituents is 1. The fourth-order valence-corrected chi connectivity index (χ4v) is 1.47. The third-order valence-electron chi connectivity index (χ3n) is 2.37. The number of nitriles is 1. The molecule has 0 saturated carbocycles. The fraction of sp³-hybridized carbons (Fsp3) is 0.182. The number of rotatable bonds is 3. The van der Waals surface area contributed by atoms with Crippen molar-refractivity contribution in [2.45, 2.75) is 13.3 Å². The number of nitro benzene ring substituents is 1. The quantitative estimate of drug-likeness (QED) is 0.603. The Labute approximate surface area is 102 Å². The summed E-state index contributed by atoms with van der Waals surface area (Å²) in [6, 6.07) is 6.30. The molecule has 0 aliphatic carbocycles. The maximum absolute atomic E-state index is 10.7. The van der Waals surface area contributed by atoms with Crippen LogP contribution in [0.15, 0.2) is 22.7 Å². The summed E-state index contributed by atoms with van der Waals surface area (Å²) < 4.78 is 4.86. The predicted octanol–water partition coefficient (Wildman–Crippen LogP) is 2.02. The minimum Gasteiger partial charge on any atom is -0.338 e. The van der Waals surface area contributed by atoms with Gasteiger partial charge < -0.3 is 4.52 Å². The van der Waals surface area contributed by atoms with Crippen LogP contribution in [0.2, 0.25) is 0 Å². The molecule has 0 N–H and O–H groups in total. The van der Waals surface area contributed by atoms with Crippen LogP contribution in [-0.2, 0) is 6.42 Å². The molecular weight excluding hydrogens is 236 g/mol. The van der Waals surface area contributed by atoms with Crippen LogP contribution in [0.5, 0.6) is 0 Å². The van der Waals surface area contributed by atoms with Crippen molar-refractivity contribution in [3.8, 4) is 17.5 Å². The third kappa shape index (κ3) is 2.17. The molecule has 0 unspecified atom stereocenters. The molecule has 1 aromatic carbocycles. The summed E-state index contributed by atoms with van der Waals surface area (Å²) in [6.07, 6.45) is 0.0149. The lowest BCUT2D eigenvalue weighted by Gasteiger charge is -1.99. The van der Waals surface area contributed by atoms with E-state index in [9.17, 15) is 10.1 Å². The molecule has 0 aliphatic rings. The molecule has 0 amide bonds. The zero-order chi connectivity index (χ0) is 13.1. The van der Waals surface area contributed by atoms with E-state index >= 15 is 0 Å². The highest BCUT2D eigenvalue weighted by Gasteiger charge is 2.15. The van der Waals surface area contributed by atoms with E-state index in [1.54, 1.807) is 13.0 Å². The van der Waals surface area contributed by atoms with E-state index in [0.29, 0.717) is 5.56 Å². The number of hydrogen-bond acceptors (Lipinski definition) is 6. The molecule has 7 nitrogen and oxygen atoms in total. The first-order valence-electron chi connectivity index (χ1n) is 5.07. The molecule has 2 aromatic rings. The van der Waals surface area contributed by atoms with Crippen molar-refractivity contribution in [3.05, 3.63) is 39.8 Å². The van der Waals surface area contributed by atoms with Gasteiger partial charge in [-0.3, -0.25) is 10.1 Å². The zero-order valence-corrected chi connectivity index (χ0v) is 9.45. The molecule has 0 fully saturated rings. The molecule has 0 saturated heterocycles. The first-order chi connectivity index (χ1) is 8.61. The Morgan fingerprint density at radius 2 is 2.33 bits per heavy atom. The van der Waals surface area contributed by atoms with Crippen LogP contribution in [-0.4, -0.2) is 15.1 Å². The van der Waals surface area contributed by atoms with Crippen LogP contribution in [0, 0.1) is 28.4 Å². The molecule has 0 atom stereocenters. The van der Waals surface area contributed by atoms with Crippen LogP contribution in [0.4, 0.5) is 5.69 Å². The van der Waals surface area contributed by atoms with E-state index in [0.717, 1.165) is 5.56 Å². The van der Waals surface area contributed by atoms with Gasteiger partial charge in [-0.1, -0.05) is 11.2 Å². The number of nitrogens with zero attached hydrogens (tertiary/aromatic N) is 4. The van der Waals surface area contributed by atoms with Gasteiger partial charge in [0.15, 0.2) is 0 Å². The van der Waals surface area contributed by atoms with Crippen LogP contribution in [0.3, 0.4) is 0 Å². The smallest absolute Gasteiger partial charge is 0.270 e. The summed E-state index contributed by atoms with van der Waals surface area (Å²) in [4.78, 5) is 14.2. The van der Waals surface area contributed by atoms with Crippen molar-refractivity contribution in [3.63, 3.8) is 0 Å². The van der Waals surface area contributed by atoms with Gasteiger partial charge in [0.05, 0.1) is 11.0 Å². The monoisotopic (exact) mass is 244 g/mol. The Balaban J connectivity index is 2.45. The van der Waals surface area contributed by atoms with Gasteiger partial charge in [-0.2, -0.15) is 10.2 Å². The average Bonchev–Trinajstić information content (AvgIpc) is 2.78. The molecule has 2 rings (SSSR count). The van der Waals surface area contributed by atoms with Crippen molar-refractivity contribution in [1.29, 1.82) is 5.26 Å². The van der Waals surface area contributed by atoms with Gasteiger partial charge in [-0.15, -0.1) is 0 Å². The van der Waals surface area contributed by atoms with Crippen molar-refractivity contribution in [2.24, 2.45) is 0 Å².